The van der Waals surface area contributed by atoms with E-state index in [4.69, 9.17) is 0 Å². The second-order valence-corrected chi connectivity index (χ2v) is 6.20. The maximum atomic E-state index is 12.6. The molecule has 0 bridgehead atoms. The Morgan fingerprint density at radius 2 is 2.05 bits per heavy atom. The molecular formula is C12H15F3IN3O. The molecule has 0 spiro atoms. The molecule has 0 aliphatic carbocycles. The van der Waals surface area contributed by atoms with E-state index in [1.807, 2.05) is 0 Å². The number of hydrogen-bond acceptors (Lipinski definition) is 2. The largest absolute Gasteiger partial charge is 0.391 e. The first-order valence-corrected chi connectivity index (χ1v) is 7.42. The number of aromatic nitrogens is 2. The summed E-state index contributed by atoms with van der Waals surface area (Å²) in [4.78, 5) is 13.7. The Kier molecular flexibility index (Phi) is 4.60. The predicted octanol–water partition coefficient (Wildman–Crippen LogP) is 2.85. The Hall–Kier alpha value is -0.800. The van der Waals surface area contributed by atoms with Crippen molar-refractivity contribution in [3.8, 4) is 0 Å². The Labute approximate surface area is 128 Å². The maximum Gasteiger partial charge on any atom is 0.391 e. The number of alkyl halides is 3. The van der Waals surface area contributed by atoms with Gasteiger partial charge < -0.3 is 4.90 Å². The molecule has 1 aliphatic rings. The molecular weight excluding hydrogens is 386 g/mol. The van der Waals surface area contributed by atoms with Crippen LogP contribution in [0.25, 0.3) is 0 Å². The third-order valence-corrected chi connectivity index (χ3v) is 4.15. The molecule has 112 valence electrons. The lowest BCUT2D eigenvalue weighted by molar-refractivity contribution is -0.186. The van der Waals surface area contributed by atoms with Crippen LogP contribution < -0.4 is 0 Å². The SMILES string of the molecule is CC(C(=O)N1CCC(C(F)(F)F)CC1)n1cc(I)cn1. The monoisotopic (exact) mass is 401 g/mol. The highest BCUT2D eigenvalue weighted by Crippen LogP contribution is 2.34. The summed E-state index contributed by atoms with van der Waals surface area (Å²) in [5.74, 6) is -1.46. The lowest BCUT2D eigenvalue weighted by Crippen LogP contribution is -2.44. The quantitative estimate of drug-likeness (QED) is 0.716. The fraction of sp³-hybridized carbons (Fsp3) is 0.667. The molecule has 1 aromatic rings. The van der Waals surface area contributed by atoms with E-state index in [1.54, 1.807) is 24.0 Å². The van der Waals surface area contributed by atoms with Gasteiger partial charge in [-0.1, -0.05) is 0 Å². The Bertz CT molecular complexity index is 481. The first-order valence-electron chi connectivity index (χ1n) is 6.34. The van der Waals surface area contributed by atoms with Crippen molar-refractivity contribution in [2.75, 3.05) is 13.1 Å². The van der Waals surface area contributed by atoms with Gasteiger partial charge in [0.05, 0.1) is 15.7 Å². The fourth-order valence-corrected chi connectivity index (χ4v) is 2.74. The fourth-order valence-electron chi connectivity index (χ4n) is 2.33. The predicted molar refractivity (Wildman–Crippen MR) is 75.0 cm³/mol. The van der Waals surface area contributed by atoms with Gasteiger partial charge in [0.1, 0.15) is 6.04 Å². The number of hydrogen-bond donors (Lipinski definition) is 0. The van der Waals surface area contributed by atoms with Crippen LogP contribution in [-0.4, -0.2) is 39.9 Å². The van der Waals surface area contributed by atoms with Crippen molar-refractivity contribution in [1.29, 1.82) is 0 Å². The lowest BCUT2D eigenvalue weighted by atomic mass is 9.96. The minimum Gasteiger partial charge on any atom is -0.341 e. The molecule has 0 N–H and O–H groups in total. The molecule has 0 radical (unpaired) electrons. The number of piperidine rings is 1. The van der Waals surface area contributed by atoms with Crippen molar-refractivity contribution in [3.63, 3.8) is 0 Å². The molecule has 1 saturated heterocycles. The average Bonchev–Trinajstić information content (AvgIpc) is 2.83. The average molecular weight is 401 g/mol. The van der Waals surface area contributed by atoms with Crippen molar-refractivity contribution in [2.24, 2.45) is 5.92 Å². The molecule has 1 unspecified atom stereocenters. The summed E-state index contributed by atoms with van der Waals surface area (Å²) >= 11 is 2.09. The van der Waals surface area contributed by atoms with Crippen LogP contribution in [0.5, 0.6) is 0 Å². The Morgan fingerprint density at radius 3 is 2.50 bits per heavy atom. The minimum atomic E-state index is -4.15. The summed E-state index contributed by atoms with van der Waals surface area (Å²) in [5.41, 5.74) is 0. The number of amides is 1. The molecule has 1 fully saturated rings. The van der Waals surface area contributed by atoms with Crippen LogP contribution in [0.4, 0.5) is 13.2 Å². The Morgan fingerprint density at radius 1 is 1.45 bits per heavy atom. The smallest absolute Gasteiger partial charge is 0.341 e. The second-order valence-electron chi connectivity index (χ2n) is 4.96. The molecule has 1 amide bonds. The van der Waals surface area contributed by atoms with Gasteiger partial charge in [-0.2, -0.15) is 18.3 Å². The van der Waals surface area contributed by atoms with E-state index in [-0.39, 0.29) is 31.8 Å². The standard InChI is InChI=1S/C12H15F3IN3O/c1-8(19-7-10(16)6-17-19)11(20)18-4-2-9(3-5-18)12(13,14)15/h6-9H,2-5H2,1H3. The molecule has 1 atom stereocenters. The molecule has 0 aromatic carbocycles. The van der Waals surface area contributed by atoms with Crippen LogP contribution >= 0.6 is 22.6 Å². The van der Waals surface area contributed by atoms with Crippen LogP contribution in [0.1, 0.15) is 25.8 Å². The van der Waals surface area contributed by atoms with Crippen LogP contribution in [0, 0.1) is 9.49 Å². The van der Waals surface area contributed by atoms with E-state index < -0.39 is 18.1 Å². The molecule has 1 aromatic heterocycles. The van der Waals surface area contributed by atoms with Crippen molar-refractivity contribution in [1.82, 2.24) is 14.7 Å². The summed E-state index contributed by atoms with van der Waals surface area (Å²) in [6, 6.07) is -0.485. The summed E-state index contributed by atoms with van der Waals surface area (Å²) in [6.07, 6.45) is -0.804. The van der Waals surface area contributed by atoms with Gasteiger partial charge in [0.25, 0.3) is 0 Å². The van der Waals surface area contributed by atoms with Crippen molar-refractivity contribution >= 4 is 28.5 Å². The zero-order valence-corrected chi connectivity index (χ0v) is 13.1. The molecule has 2 rings (SSSR count). The van der Waals surface area contributed by atoms with Gasteiger partial charge >= 0.3 is 6.18 Å². The number of carbonyl (C=O) groups excluding carboxylic acids is 1. The van der Waals surface area contributed by atoms with Gasteiger partial charge in [0.15, 0.2) is 0 Å². The molecule has 1 aliphatic heterocycles. The molecule has 4 nitrogen and oxygen atoms in total. The minimum absolute atomic E-state index is 0.0153. The number of halogens is 4. The van der Waals surface area contributed by atoms with Crippen LogP contribution in [0.15, 0.2) is 12.4 Å². The second kappa shape index (κ2) is 5.90. The summed E-state index contributed by atoms with van der Waals surface area (Å²) in [7, 11) is 0. The first kappa shape index (κ1) is 15.6. The van der Waals surface area contributed by atoms with Crippen LogP contribution in [-0.2, 0) is 4.79 Å². The maximum absolute atomic E-state index is 12.6. The summed E-state index contributed by atoms with van der Waals surface area (Å²) in [5, 5.41) is 4.07. The Balaban J connectivity index is 1.95. The summed E-state index contributed by atoms with van der Waals surface area (Å²) in [6.45, 7) is 2.03. The molecule has 2 heterocycles. The van der Waals surface area contributed by atoms with Crippen molar-refractivity contribution in [3.05, 3.63) is 16.0 Å². The van der Waals surface area contributed by atoms with E-state index >= 15 is 0 Å². The number of likely N-dealkylation sites (tertiary alicyclic amines) is 1. The van der Waals surface area contributed by atoms with Gasteiger partial charge in [-0.15, -0.1) is 0 Å². The van der Waals surface area contributed by atoms with Gasteiger partial charge in [-0.05, 0) is 42.4 Å². The van der Waals surface area contributed by atoms with Gasteiger partial charge in [-0.25, -0.2) is 0 Å². The highest BCUT2D eigenvalue weighted by molar-refractivity contribution is 14.1. The zero-order chi connectivity index (χ0) is 14.9. The lowest BCUT2D eigenvalue weighted by Gasteiger charge is -2.34. The van der Waals surface area contributed by atoms with E-state index in [0.29, 0.717) is 0 Å². The zero-order valence-electron chi connectivity index (χ0n) is 10.9. The normalized spacial score (nSPS) is 19.1. The van der Waals surface area contributed by atoms with E-state index in [9.17, 15) is 18.0 Å². The first-order chi connectivity index (χ1) is 9.29. The highest BCUT2D eigenvalue weighted by Gasteiger charge is 2.42. The third kappa shape index (κ3) is 3.44. The number of rotatable bonds is 2. The third-order valence-electron chi connectivity index (χ3n) is 3.59. The van der Waals surface area contributed by atoms with E-state index in [0.717, 1.165) is 3.57 Å². The van der Waals surface area contributed by atoms with Crippen molar-refractivity contribution < 1.29 is 18.0 Å². The molecule has 0 saturated carbocycles. The summed E-state index contributed by atoms with van der Waals surface area (Å²) < 4.78 is 40.2. The van der Waals surface area contributed by atoms with E-state index in [1.165, 1.54) is 4.90 Å². The van der Waals surface area contributed by atoms with E-state index in [2.05, 4.69) is 27.7 Å². The van der Waals surface area contributed by atoms with Gasteiger partial charge in [0, 0.05) is 19.3 Å². The van der Waals surface area contributed by atoms with Crippen molar-refractivity contribution in [2.45, 2.75) is 32.0 Å². The van der Waals surface area contributed by atoms with Crippen LogP contribution in [0.2, 0.25) is 0 Å². The number of carbonyl (C=O) groups is 1. The highest BCUT2D eigenvalue weighted by atomic mass is 127. The topological polar surface area (TPSA) is 38.1 Å². The molecule has 8 heteroatoms. The van der Waals surface area contributed by atoms with Gasteiger partial charge in [0.2, 0.25) is 5.91 Å². The van der Waals surface area contributed by atoms with Crippen LogP contribution in [0.3, 0.4) is 0 Å². The molecule has 20 heavy (non-hydrogen) atoms. The van der Waals surface area contributed by atoms with Gasteiger partial charge in [-0.3, -0.25) is 9.48 Å². The number of nitrogens with zero attached hydrogens (tertiary/aromatic N) is 3.